The maximum atomic E-state index is 14.5. The van der Waals surface area contributed by atoms with Gasteiger partial charge in [0.05, 0.1) is 12.0 Å². The average Bonchev–Trinajstić information content (AvgIpc) is 3.79. The number of piperazine rings is 1. The fourth-order valence-electron chi connectivity index (χ4n) is 6.38. The Morgan fingerprint density at radius 3 is 2.05 bits per heavy atom. The van der Waals surface area contributed by atoms with E-state index in [4.69, 9.17) is 11.6 Å². The SMILES string of the molecule is Cc1ccc(C2C(C(=O)c3ccccc3)C(c3ccc(Cl)cc3)C(C(=O)N3CCNCC3)N2C(=O)C2CC2)cc1. The summed E-state index contributed by atoms with van der Waals surface area (Å²) in [6.45, 7) is 4.56. The van der Waals surface area contributed by atoms with Crippen LogP contribution in [0.5, 0.6) is 0 Å². The molecule has 1 N–H and O–H groups in total. The zero-order valence-electron chi connectivity index (χ0n) is 22.6. The topological polar surface area (TPSA) is 69.7 Å². The highest BCUT2D eigenvalue weighted by Crippen LogP contribution is 2.53. The maximum absolute atomic E-state index is 14.5. The number of carbonyl (C=O) groups is 3. The fourth-order valence-corrected chi connectivity index (χ4v) is 6.51. The Morgan fingerprint density at radius 2 is 1.43 bits per heavy atom. The first-order chi connectivity index (χ1) is 19.4. The fraction of sp³-hybridized carbons (Fsp3) is 0.364. The second-order valence-corrected chi connectivity index (χ2v) is 11.7. The van der Waals surface area contributed by atoms with Gasteiger partial charge in [-0.3, -0.25) is 14.4 Å². The highest BCUT2D eigenvalue weighted by Gasteiger charge is 2.59. The van der Waals surface area contributed by atoms with Crippen molar-refractivity contribution in [3.63, 3.8) is 0 Å². The lowest BCUT2D eigenvalue weighted by molar-refractivity contribution is -0.147. The third kappa shape index (κ3) is 5.06. The summed E-state index contributed by atoms with van der Waals surface area (Å²) in [7, 11) is 0. The van der Waals surface area contributed by atoms with E-state index in [0.29, 0.717) is 36.8 Å². The molecule has 2 amide bonds. The number of hydrogen-bond donors (Lipinski definition) is 1. The van der Waals surface area contributed by atoms with Crippen molar-refractivity contribution in [2.45, 2.75) is 37.8 Å². The van der Waals surface area contributed by atoms with Gasteiger partial charge in [-0.15, -0.1) is 0 Å². The van der Waals surface area contributed by atoms with Gasteiger partial charge in [0.1, 0.15) is 6.04 Å². The number of nitrogens with one attached hydrogen (secondary N) is 1. The number of benzene rings is 3. The molecule has 2 heterocycles. The lowest BCUT2D eigenvalue weighted by Gasteiger charge is -2.36. The first-order valence-corrected chi connectivity index (χ1v) is 14.5. The van der Waals surface area contributed by atoms with Crippen LogP contribution in [0.15, 0.2) is 78.9 Å². The molecule has 1 aliphatic carbocycles. The quantitative estimate of drug-likeness (QED) is 0.433. The van der Waals surface area contributed by atoms with Crippen LogP contribution in [0.2, 0.25) is 5.02 Å². The molecular weight excluding hydrogens is 522 g/mol. The van der Waals surface area contributed by atoms with E-state index in [2.05, 4.69) is 5.32 Å². The van der Waals surface area contributed by atoms with Gasteiger partial charge in [-0.2, -0.15) is 0 Å². The molecular formula is C33H34ClN3O3. The molecule has 6 rings (SSSR count). The van der Waals surface area contributed by atoms with Crippen LogP contribution < -0.4 is 5.32 Å². The van der Waals surface area contributed by atoms with Gasteiger partial charge in [0.15, 0.2) is 5.78 Å². The van der Waals surface area contributed by atoms with E-state index in [1.165, 1.54) is 0 Å². The van der Waals surface area contributed by atoms with Gasteiger partial charge in [-0.05, 0) is 43.0 Å². The second-order valence-electron chi connectivity index (χ2n) is 11.2. The summed E-state index contributed by atoms with van der Waals surface area (Å²) >= 11 is 6.29. The van der Waals surface area contributed by atoms with Gasteiger partial charge in [0.2, 0.25) is 11.8 Å². The van der Waals surface area contributed by atoms with Gasteiger partial charge in [0.25, 0.3) is 0 Å². The summed E-state index contributed by atoms with van der Waals surface area (Å²) in [6, 6.07) is 23.4. The van der Waals surface area contributed by atoms with E-state index in [1.54, 1.807) is 17.0 Å². The van der Waals surface area contributed by atoms with Crippen molar-refractivity contribution >= 4 is 29.2 Å². The first kappa shape index (κ1) is 26.7. The van der Waals surface area contributed by atoms with E-state index >= 15 is 0 Å². The van der Waals surface area contributed by atoms with Crippen LogP contribution in [0.4, 0.5) is 0 Å². The van der Waals surface area contributed by atoms with Crippen LogP contribution in [0.3, 0.4) is 0 Å². The smallest absolute Gasteiger partial charge is 0.246 e. The molecule has 4 atom stereocenters. The molecule has 3 aliphatic rings. The lowest BCUT2D eigenvalue weighted by atomic mass is 9.76. The van der Waals surface area contributed by atoms with E-state index in [9.17, 15) is 14.4 Å². The molecule has 0 bridgehead atoms. The van der Waals surface area contributed by atoms with E-state index in [1.807, 2.05) is 78.6 Å². The first-order valence-electron chi connectivity index (χ1n) is 14.2. The molecule has 4 unspecified atom stereocenters. The molecule has 2 aliphatic heterocycles. The number of aryl methyl sites for hydroxylation is 1. The van der Waals surface area contributed by atoms with Crippen molar-refractivity contribution in [1.82, 2.24) is 15.1 Å². The summed E-state index contributed by atoms with van der Waals surface area (Å²) in [5.74, 6) is -1.46. The van der Waals surface area contributed by atoms with Crippen LogP contribution >= 0.6 is 11.6 Å². The number of rotatable bonds is 6. The molecule has 0 aromatic heterocycles. The Labute approximate surface area is 240 Å². The summed E-state index contributed by atoms with van der Waals surface area (Å²) in [5.41, 5.74) is 3.40. The Morgan fingerprint density at radius 1 is 0.800 bits per heavy atom. The van der Waals surface area contributed by atoms with Crippen molar-refractivity contribution in [3.8, 4) is 0 Å². The van der Waals surface area contributed by atoms with Gasteiger partial charge in [-0.1, -0.05) is 83.9 Å². The summed E-state index contributed by atoms with van der Waals surface area (Å²) in [6.07, 6.45) is 1.63. The van der Waals surface area contributed by atoms with E-state index < -0.39 is 23.9 Å². The molecule has 40 heavy (non-hydrogen) atoms. The van der Waals surface area contributed by atoms with Crippen LogP contribution in [-0.2, 0) is 9.59 Å². The third-order valence-corrected chi connectivity index (χ3v) is 8.82. The standard InChI is InChI=1S/C33H34ClN3O3/c1-21-7-9-23(10-8-21)29-28(31(38)24-5-3-2-4-6-24)27(22-13-15-26(34)16-14-22)30(37(29)32(39)25-11-12-25)33(40)36-19-17-35-18-20-36/h2-10,13-16,25,27-30,35H,11-12,17-20H2,1H3. The minimum atomic E-state index is -0.795. The number of amides is 2. The van der Waals surface area contributed by atoms with Gasteiger partial charge < -0.3 is 15.1 Å². The van der Waals surface area contributed by atoms with Crippen molar-refractivity contribution in [2.24, 2.45) is 11.8 Å². The average molecular weight is 556 g/mol. The van der Waals surface area contributed by atoms with Crippen molar-refractivity contribution in [1.29, 1.82) is 0 Å². The second kappa shape index (κ2) is 11.2. The molecule has 7 heteroatoms. The minimum absolute atomic E-state index is 0.0265. The predicted octanol–water partition coefficient (Wildman–Crippen LogP) is 5.03. The van der Waals surface area contributed by atoms with Gasteiger partial charge in [0, 0.05) is 48.6 Å². The van der Waals surface area contributed by atoms with Crippen LogP contribution in [0, 0.1) is 18.8 Å². The summed E-state index contributed by atoms with van der Waals surface area (Å²) in [5, 5.41) is 3.90. The molecule has 206 valence electrons. The maximum Gasteiger partial charge on any atom is 0.246 e. The highest BCUT2D eigenvalue weighted by atomic mass is 35.5. The van der Waals surface area contributed by atoms with Crippen molar-refractivity contribution in [2.75, 3.05) is 26.2 Å². The van der Waals surface area contributed by atoms with Gasteiger partial charge in [-0.25, -0.2) is 0 Å². The number of ketones is 1. The van der Waals surface area contributed by atoms with Crippen LogP contribution in [0.25, 0.3) is 0 Å². The monoisotopic (exact) mass is 555 g/mol. The number of halogens is 1. The lowest BCUT2D eigenvalue weighted by Crippen LogP contribution is -2.55. The molecule has 2 saturated heterocycles. The zero-order chi connectivity index (χ0) is 27.8. The zero-order valence-corrected chi connectivity index (χ0v) is 23.4. The molecule has 6 nitrogen and oxygen atoms in total. The van der Waals surface area contributed by atoms with Crippen LogP contribution in [0.1, 0.15) is 51.8 Å². The largest absolute Gasteiger partial charge is 0.338 e. The van der Waals surface area contributed by atoms with Crippen molar-refractivity contribution in [3.05, 3.63) is 106 Å². The normalized spacial score (nSPS) is 24.6. The summed E-state index contributed by atoms with van der Waals surface area (Å²) in [4.78, 5) is 46.9. The van der Waals surface area contributed by atoms with E-state index in [0.717, 1.165) is 29.5 Å². The Hall–Kier alpha value is -3.48. The van der Waals surface area contributed by atoms with E-state index in [-0.39, 0.29) is 23.5 Å². The number of carbonyl (C=O) groups excluding carboxylic acids is 3. The molecule has 3 aromatic rings. The van der Waals surface area contributed by atoms with Gasteiger partial charge >= 0.3 is 0 Å². The van der Waals surface area contributed by atoms with Crippen LogP contribution in [-0.4, -0.2) is 59.6 Å². The Balaban J connectivity index is 1.57. The Bertz CT molecular complexity index is 1380. The number of likely N-dealkylation sites (tertiary alicyclic amines) is 1. The molecule has 3 fully saturated rings. The number of hydrogen-bond acceptors (Lipinski definition) is 4. The molecule has 3 aromatic carbocycles. The highest BCUT2D eigenvalue weighted by molar-refractivity contribution is 6.30. The molecule has 0 radical (unpaired) electrons. The molecule has 1 saturated carbocycles. The number of nitrogens with zero attached hydrogens (tertiary/aromatic N) is 2. The number of Topliss-reactive ketones (excluding diaryl/α,β-unsaturated/α-hetero) is 1. The predicted molar refractivity (Wildman–Crippen MR) is 155 cm³/mol. The third-order valence-electron chi connectivity index (χ3n) is 8.56. The summed E-state index contributed by atoms with van der Waals surface area (Å²) < 4.78 is 0. The van der Waals surface area contributed by atoms with Crippen molar-refractivity contribution < 1.29 is 14.4 Å². The minimum Gasteiger partial charge on any atom is -0.338 e. The Kier molecular flexibility index (Phi) is 7.47. The molecule has 0 spiro atoms.